The van der Waals surface area contributed by atoms with Gasteiger partial charge in [-0.1, -0.05) is 23.7 Å². The molecule has 2 aromatic carbocycles. The van der Waals surface area contributed by atoms with Crippen LogP contribution in [0.3, 0.4) is 0 Å². The lowest BCUT2D eigenvalue weighted by Gasteiger charge is -2.12. The molecular weight excluding hydrogens is 384 g/mol. The number of hydrogen-bond donors (Lipinski definition) is 0. The fraction of sp³-hybridized carbons (Fsp3) is 0.190. The normalized spacial score (nSPS) is 10.7. The highest BCUT2D eigenvalue weighted by Crippen LogP contribution is 2.32. The van der Waals surface area contributed by atoms with E-state index in [0.717, 1.165) is 5.56 Å². The first-order chi connectivity index (χ1) is 13.3. The first-order valence-electron chi connectivity index (χ1n) is 8.54. The zero-order valence-corrected chi connectivity index (χ0v) is 16.0. The van der Waals surface area contributed by atoms with Gasteiger partial charge in [0, 0.05) is 13.0 Å². The lowest BCUT2D eigenvalue weighted by Crippen LogP contribution is -2.11. The number of carbonyl (C=O) groups excluding carboxylic acids is 2. The second-order valence-electron chi connectivity index (χ2n) is 6.23. The summed E-state index contributed by atoms with van der Waals surface area (Å²) in [5, 5.41) is 0.831. The van der Waals surface area contributed by atoms with Gasteiger partial charge in [0.05, 0.1) is 16.8 Å². The molecule has 0 amide bonds. The molecule has 0 radical (unpaired) electrons. The van der Waals surface area contributed by atoms with E-state index < -0.39 is 17.6 Å². The molecule has 3 rings (SSSR count). The number of aryl methyl sites for hydroxylation is 2. The highest BCUT2D eigenvalue weighted by Gasteiger charge is 2.15. The Labute approximate surface area is 165 Å². The van der Waals surface area contributed by atoms with Crippen LogP contribution < -0.4 is 15.1 Å². The number of halogens is 1. The maximum absolute atomic E-state index is 12.3. The van der Waals surface area contributed by atoms with Gasteiger partial charge >= 0.3 is 17.6 Å². The second kappa shape index (κ2) is 8.27. The van der Waals surface area contributed by atoms with Crippen LogP contribution in [0.4, 0.5) is 0 Å². The minimum absolute atomic E-state index is 0.0429. The van der Waals surface area contributed by atoms with E-state index in [4.69, 9.17) is 25.5 Å². The number of rotatable bonds is 5. The summed E-state index contributed by atoms with van der Waals surface area (Å²) in [4.78, 5) is 35.0. The van der Waals surface area contributed by atoms with Gasteiger partial charge in [-0.3, -0.25) is 9.59 Å². The van der Waals surface area contributed by atoms with Crippen LogP contribution in [0, 0.1) is 6.92 Å². The molecule has 0 N–H and O–H groups in total. The van der Waals surface area contributed by atoms with Gasteiger partial charge in [0.2, 0.25) is 0 Å². The number of fused-ring (bicyclic) bond motifs is 1. The largest absolute Gasteiger partial charge is 0.426 e. The van der Waals surface area contributed by atoms with Crippen LogP contribution in [0.15, 0.2) is 51.7 Å². The molecule has 7 heteroatoms. The van der Waals surface area contributed by atoms with Gasteiger partial charge in [0.25, 0.3) is 0 Å². The third kappa shape index (κ3) is 4.58. The molecule has 144 valence electrons. The Balaban J connectivity index is 1.77. The molecule has 0 saturated heterocycles. The van der Waals surface area contributed by atoms with Gasteiger partial charge in [-0.05, 0) is 48.7 Å². The molecule has 0 aliphatic heterocycles. The summed E-state index contributed by atoms with van der Waals surface area (Å²) in [6.45, 7) is 3.14. The van der Waals surface area contributed by atoms with E-state index in [9.17, 15) is 14.4 Å². The number of esters is 2. The van der Waals surface area contributed by atoms with Gasteiger partial charge in [0.15, 0.2) is 5.75 Å². The summed E-state index contributed by atoms with van der Waals surface area (Å²) in [6.07, 6.45) is 0.323. The third-order valence-electron chi connectivity index (χ3n) is 3.96. The maximum atomic E-state index is 12.3. The van der Waals surface area contributed by atoms with E-state index in [1.807, 2.05) is 13.0 Å². The summed E-state index contributed by atoms with van der Waals surface area (Å²) in [5.74, 6) is -0.426. The minimum atomic E-state index is -0.494. The molecule has 0 unspecified atom stereocenters. The molecule has 1 aromatic heterocycles. The van der Waals surface area contributed by atoms with Crippen LogP contribution in [-0.2, 0) is 16.0 Å². The Morgan fingerprint density at radius 2 is 1.89 bits per heavy atom. The SMILES string of the molecule is CC(=O)Oc1c(Cl)cc(C)cc1CCC(=O)Oc1cccc2oc(=O)ccc12. The van der Waals surface area contributed by atoms with Crippen molar-refractivity contribution in [3.8, 4) is 11.5 Å². The fourth-order valence-corrected chi connectivity index (χ4v) is 3.15. The highest BCUT2D eigenvalue weighted by molar-refractivity contribution is 6.32. The monoisotopic (exact) mass is 400 g/mol. The molecule has 0 spiro atoms. The van der Waals surface area contributed by atoms with Crippen molar-refractivity contribution >= 4 is 34.5 Å². The lowest BCUT2D eigenvalue weighted by molar-refractivity contribution is -0.134. The van der Waals surface area contributed by atoms with Gasteiger partial charge < -0.3 is 13.9 Å². The predicted molar refractivity (Wildman–Crippen MR) is 104 cm³/mol. The van der Waals surface area contributed by atoms with E-state index in [0.29, 0.717) is 27.3 Å². The van der Waals surface area contributed by atoms with Gasteiger partial charge in [0.1, 0.15) is 11.3 Å². The van der Waals surface area contributed by atoms with Crippen molar-refractivity contribution in [2.75, 3.05) is 0 Å². The topological polar surface area (TPSA) is 82.8 Å². The van der Waals surface area contributed by atoms with Crippen LogP contribution >= 0.6 is 11.6 Å². The quantitative estimate of drug-likeness (QED) is 0.362. The van der Waals surface area contributed by atoms with Crippen molar-refractivity contribution < 1.29 is 23.5 Å². The van der Waals surface area contributed by atoms with E-state index in [1.54, 1.807) is 30.3 Å². The summed E-state index contributed by atoms with van der Waals surface area (Å²) in [6, 6.07) is 11.2. The smallest absolute Gasteiger partial charge is 0.336 e. The second-order valence-corrected chi connectivity index (χ2v) is 6.63. The third-order valence-corrected chi connectivity index (χ3v) is 4.24. The molecule has 3 aromatic rings. The van der Waals surface area contributed by atoms with Gasteiger partial charge in [-0.25, -0.2) is 4.79 Å². The summed E-state index contributed by atoms with van der Waals surface area (Å²) < 4.78 is 15.7. The Bertz CT molecular complexity index is 1120. The average molecular weight is 401 g/mol. The molecular formula is C21H17ClO6. The Kier molecular flexibility index (Phi) is 5.80. The lowest BCUT2D eigenvalue weighted by atomic mass is 10.1. The minimum Gasteiger partial charge on any atom is -0.426 e. The molecule has 0 aliphatic carbocycles. The van der Waals surface area contributed by atoms with Crippen LogP contribution in [-0.4, -0.2) is 11.9 Å². The molecule has 1 heterocycles. The molecule has 0 aliphatic rings. The first kappa shape index (κ1) is 19.6. The van der Waals surface area contributed by atoms with Gasteiger partial charge in [-0.2, -0.15) is 0 Å². The highest BCUT2D eigenvalue weighted by atomic mass is 35.5. The fourth-order valence-electron chi connectivity index (χ4n) is 2.81. The van der Waals surface area contributed by atoms with Crippen molar-refractivity contribution in [1.29, 1.82) is 0 Å². The number of benzene rings is 2. The summed E-state index contributed by atoms with van der Waals surface area (Å²) >= 11 is 6.17. The molecule has 6 nitrogen and oxygen atoms in total. The van der Waals surface area contributed by atoms with E-state index in [2.05, 4.69) is 0 Å². The Morgan fingerprint density at radius 3 is 2.64 bits per heavy atom. The molecule has 0 bridgehead atoms. The van der Waals surface area contributed by atoms with Crippen LogP contribution in [0.25, 0.3) is 11.0 Å². The summed E-state index contributed by atoms with van der Waals surface area (Å²) in [5.41, 5.74) is 1.38. The standard InChI is InChI=1S/C21H17ClO6/c1-12-10-14(21(16(22)11-12)26-13(2)23)6-8-19(24)27-17-4-3-5-18-15(17)7-9-20(25)28-18/h3-5,7,9-11H,6,8H2,1-2H3. The van der Waals surface area contributed by atoms with Crippen LogP contribution in [0.1, 0.15) is 24.5 Å². The van der Waals surface area contributed by atoms with Crippen molar-refractivity contribution in [3.05, 3.63) is 69.0 Å². The van der Waals surface area contributed by atoms with Crippen molar-refractivity contribution in [2.24, 2.45) is 0 Å². The van der Waals surface area contributed by atoms with Crippen molar-refractivity contribution in [2.45, 2.75) is 26.7 Å². The van der Waals surface area contributed by atoms with E-state index in [-0.39, 0.29) is 18.6 Å². The zero-order valence-electron chi connectivity index (χ0n) is 15.3. The predicted octanol–water partition coefficient (Wildman–Crippen LogP) is 4.22. The van der Waals surface area contributed by atoms with Gasteiger partial charge in [-0.15, -0.1) is 0 Å². The molecule has 0 fully saturated rings. The number of ether oxygens (including phenoxy) is 2. The van der Waals surface area contributed by atoms with Crippen LogP contribution in [0.5, 0.6) is 11.5 Å². The van der Waals surface area contributed by atoms with E-state index in [1.165, 1.54) is 13.0 Å². The Hall–Kier alpha value is -3.12. The molecule has 28 heavy (non-hydrogen) atoms. The van der Waals surface area contributed by atoms with Crippen molar-refractivity contribution in [3.63, 3.8) is 0 Å². The zero-order chi connectivity index (χ0) is 20.3. The number of hydrogen-bond acceptors (Lipinski definition) is 6. The maximum Gasteiger partial charge on any atom is 0.336 e. The van der Waals surface area contributed by atoms with Crippen molar-refractivity contribution in [1.82, 2.24) is 0 Å². The summed E-state index contributed by atoms with van der Waals surface area (Å²) in [7, 11) is 0. The Morgan fingerprint density at radius 1 is 1.11 bits per heavy atom. The average Bonchev–Trinajstić information content (AvgIpc) is 2.62. The van der Waals surface area contributed by atoms with Crippen LogP contribution in [0.2, 0.25) is 5.02 Å². The number of carbonyl (C=O) groups is 2. The molecule has 0 atom stereocenters. The molecule has 0 saturated carbocycles. The van der Waals surface area contributed by atoms with E-state index >= 15 is 0 Å². The first-order valence-corrected chi connectivity index (χ1v) is 8.92.